The number of anilines is 1. The highest BCUT2D eigenvalue weighted by Gasteiger charge is 2.17. The maximum Gasteiger partial charge on any atom is 0.330 e. The summed E-state index contributed by atoms with van der Waals surface area (Å²) in [6.07, 6.45) is 4.67. The molecule has 0 spiro atoms. The van der Waals surface area contributed by atoms with Gasteiger partial charge in [0.2, 0.25) is 5.91 Å². The molecule has 0 saturated heterocycles. The predicted octanol–water partition coefficient (Wildman–Crippen LogP) is 4.35. The molecule has 0 atom stereocenters. The van der Waals surface area contributed by atoms with Crippen LogP contribution in [-0.4, -0.2) is 39.0 Å². The monoisotopic (exact) mass is 454 g/mol. The maximum absolute atomic E-state index is 12.4. The molecule has 1 N–H and O–H groups in total. The average molecular weight is 455 g/mol. The lowest BCUT2D eigenvalue weighted by Crippen LogP contribution is -2.15. The van der Waals surface area contributed by atoms with Crippen LogP contribution in [0.1, 0.15) is 43.8 Å². The zero-order chi connectivity index (χ0) is 22.9. The van der Waals surface area contributed by atoms with E-state index in [1.807, 2.05) is 28.8 Å². The molecular weight excluding hydrogens is 428 g/mol. The highest BCUT2D eigenvalue weighted by molar-refractivity contribution is 7.99. The highest BCUT2D eigenvalue weighted by atomic mass is 32.2. The first-order valence-corrected chi connectivity index (χ1v) is 11.3. The third-order valence-corrected chi connectivity index (χ3v) is 5.35. The molecule has 9 heteroatoms. The van der Waals surface area contributed by atoms with E-state index in [-0.39, 0.29) is 23.5 Å². The summed E-state index contributed by atoms with van der Waals surface area (Å²) in [5, 5.41) is 12.1. The van der Waals surface area contributed by atoms with Crippen molar-refractivity contribution in [1.82, 2.24) is 14.8 Å². The Hall–Kier alpha value is -3.33. The number of hydrogen-bond acceptors (Lipinski definition) is 7. The Labute approximate surface area is 191 Å². The van der Waals surface area contributed by atoms with E-state index in [9.17, 15) is 9.59 Å². The molecule has 1 aromatic carbocycles. The number of carbonyl (C=O) groups excluding carboxylic acids is 2. The summed E-state index contributed by atoms with van der Waals surface area (Å²) in [6.45, 7) is 6.71. The van der Waals surface area contributed by atoms with Crippen LogP contribution >= 0.6 is 11.8 Å². The van der Waals surface area contributed by atoms with Gasteiger partial charge in [0.05, 0.1) is 25.2 Å². The van der Waals surface area contributed by atoms with Crippen molar-refractivity contribution in [1.29, 1.82) is 0 Å². The van der Waals surface area contributed by atoms with Gasteiger partial charge in [-0.15, -0.1) is 10.2 Å². The Morgan fingerprint density at radius 3 is 2.66 bits per heavy atom. The van der Waals surface area contributed by atoms with Crippen molar-refractivity contribution in [3.05, 3.63) is 65.9 Å². The van der Waals surface area contributed by atoms with E-state index in [2.05, 4.69) is 29.4 Å². The largest absolute Gasteiger partial charge is 0.467 e. The molecule has 0 aliphatic rings. The van der Waals surface area contributed by atoms with Crippen molar-refractivity contribution in [3.8, 4) is 0 Å². The maximum atomic E-state index is 12.4. The lowest BCUT2D eigenvalue weighted by Gasteiger charge is -2.10. The van der Waals surface area contributed by atoms with Gasteiger partial charge in [-0.1, -0.05) is 37.7 Å². The quantitative estimate of drug-likeness (QED) is 0.276. The predicted molar refractivity (Wildman–Crippen MR) is 123 cm³/mol. The molecule has 3 aromatic rings. The lowest BCUT2D eigenvalue weighted by atomic mass is 10.2. The molecule has 32 heavy (non-hydrogen) atoms. The Kier molecular flexibility index (Phi) is 8.27. The van der Waals surface area contributed by atoms with Crippen molar-refractivity contribution in [3.63, 3.8) is 0 Å². The number of esters is 1. The van der Waals surface area contributed by atoms with Crippen LogP contribution in [0.15, 0.2) is 58.3 Å². The average Bonchev–Trinajstić information content (AvgIpc) is 3.42. The van der Waals surface area contributed by atoms with Crippen LogP contribution in [0.4, 0.5) is 5.69 Å². The summed E-state index contributed by atoms with van der Waals surface area (Å²) in [5.74, 6) is 1.49. The fourth-order valence-electron chi connectivity index (χ4n) is 2.90. The van der Waals surface area contributed by atoms with Crippen molar-refractivity contribution in [2.45, 2.75) is 38.4 Å². The number of nitrogens with one attached hydrogen (secondary N) is 1. The van der Waals surface area contributed by atoms with Gasteiger partial charge in [0.15, 0.2) is 5.16 Å². The molecule has 8 nitrogen and oxygen atoms in total. The minimum absolute atomic E-state index is 0.150. The lowest BCUT2D eigenvalue weighted by molar-refractivity contribution is -0.137. The van der Waals surface area contributed by atoms with E-state index >= 15 is 0 Å². The zero-order valence-electron chi connectivity index (χ0n) is 18.3. The Bertz CT molecular complexity index is 1060. The van der Waals surface area contributed by atoms with E-state index in [4.69, 9.17) is 9.15 Å². The molecule has 168 valence electrons. The summed E-state index contributed by atoms with van der Waals surface area (Å²) < 4.78 is 12.3. The van der Waals surface area contributed by atoms with E-state index in [0.29, 0.717) is 24.0 Å². The van der Waals surface area contributed by atoms with Crippen LogP contribution in [0.25, 0.3) is 6.08 Å². The van der Waals surface area contributed by atoms with Crippen LogP contribution in [0.5, 0.6) is 0 Å². The number of furan rings is 1. The van der Waals surface area contributed by atoms with Crippen molar-refractivity contribution >= 4 is 35.4 Å². The van der Waals surface area contributed by atoms with Crippen LogP contribution < -0.4 is 5.32 Å². The Balaban J connectivity index is 1.57. The first-order valence-electron chi connectivity index (χ1n) is 10.3. The number of amides is 1. The topological polar surface area (TPSA) is 99.2 Å². The zero-order valence-corrected chi connectivity index (χ0v) is 19.1. The SMILES string of the molecule is CCOC(=O)/C=C/c1ccc(NC(=O)CSc2nnc(C(C)C)n2Cc2ccco2)cc1. The number of thioether (sulfide) groups is 1. The van der Waals surface area contributed by atoms with Gasteiger partial charge >= 0.3 is 5.97 Å². The van der Waals surface area contributed by atoms with E-state index in [1.54, 1.807) is 31.4 Å². The molecule has 0 aliphatic carbocycles. The molecule has 0 fully saturated rings. The molecule has 0 unspecified atom stereocenters. The number of benzene rings is 1. The van der Waals surface area contributed by atoms with Crippen LogP contribution in [0.3, 0.4) is 0 Å². The molecule has 3 rings (SSSR count). The summed E-state index contributed by atoms with van der Waals surface area (Å²) in [7, 11) is 0. The first kappa shape index (κ1) is 23.3. The van der Waals surface area contributed by atoms with Gasteiger partial charge in [-0.3, -0.25) is 9.36 Å². The normalized spacial score (nSPS) is 11.2. The van der Waals surface area contributed by atoms with E-state index in [1.165, 1.54) is 17.8 Å². The number of ether oxygens (including phenoxy) is 1. The van der Waals surface area contributed by atoms with E-state index < -0.39 is 0 Å². The summed E-state index contributed by atoms with van der Waals surface area (Å²) in [6, 6.07) is 10.9. The van der Waals surface area contributed by atoms with E-state index in [0.717, 1.165) is 17.1 Å². The number of hydrogen-bond donors (Lipinski definition) is 1. The smallest absolute Gasteiger partial charge is 0.330 e. The number of aromatic nitrogens is 3. The molecule has 2 aromatic heterocycles. The number of carbonyl (C=O) groups is 2. The van der Waals surface area contributed by atoms with Crippen molar-refractivity contribution in [2.75, 3.05) is 17.7 Å². The van der Waals surface area contributed by atoms with Crippen LogP contribution in [0, 0.1) is 0 Å². The second-order valence-corrected chi connectivity index (χ2v) is 8.15. The third kappa shape index (κ3) is 6.58. The van der Waals surface area contributed by atoms with Gasteiger partial charge < -0.3 is 14.5 Å². The van der Waals surface area contributed by atoms with Gasteiger partial charge in [0.25, 0.3) is 0 Å². The number of rotatable bonds is 10. The fraction of sp³-hybridized carbons (Fsp3) is 0.304. The number of nitrogens with zero attached hydrogens (tertiary/aromatic N) is 3. The van der Waals surface area contributed by atoms with Gasteiger partial charge in [0, 0.05) is 17.7 Å². The summed E-state index contributed by atoms with van der Waals surface area (Å²) in [5.41, 5.74) is 1.50. The molecule has 0 radical (unpaired) electrons. The van der Waals surface area contributed by atoms with Crippen LogP contribution in [0.2, 0.25) is 0 Å². The Morgan fingerprint density at radius 2 is 2.00 bits per heavy atom. The second kappa shape index (κ2) is 11.3. The molecule has 0 aliphatic heterocycles. The first-order chi connectivity index (χ1) is 15.5. The van der Waals surface area contributed by atoms with Gasteiger partial charge in [-0.2, -0.15) is 0 Å². The van der Waals surface area contributed by atoms with Gasteiger partial charge in [-0.25, -0.2) is 4.79 Å². The highest BCUT2D eigenvalue weighted by Crippen LogP contribution is 2.23. The molecule has 0 bridgehead atoms. The van der Waals surface area contributed by atoms with Crippen LogP contribution in [-0.2, 0) is 20.9 Å². The second-order valence-electron chi connectivity index (χ2n) is 7.21. The van der Waals surface area contributed by atoms with Gasteiger partial charge in [0.1, 0.15) is 11.6 Å². The molecule has 0 saturated carbocycles. The summed E-state index contributed by atoms with van der Waals surface area (Å²) in [4.78, 5) is 23.8. The van der Waals surface area contributed by atoms with Crippen molar-refractivity contribution in [2.24, 2.45) is 0 Å². The third-order valence-electron chi connectivity index (χ3n) is 4.38. The van der Waals surface area contributed by atoms with Gasteiger partial charge in [-0.05, 0) is 42.8 Å². The fourth-order valence-corrected chi connectivity index (χ4v) is 3.65. The standard InChI is InChI=1S/C23H26N4O4S/c1-4-30-21(29)12-9-17-7-10-18(11-8-17)24-20(28)15-32-23-26-25-22(16(2)3)27(23)14-19-6-5-13-31-19/h5-13,16H,4,14-15H2,1-3H3,(H,24,28)/b12-9+. The minimum atomic E-state index is -0.387. The molecular formula is C23H26N4O4S. The molecule has 2 heterocycles. The Morgan fingerprint density at radius 1 is 1.22 bits per heavy atom. The summed E-state index contributed by atoms with van der Waals surface area (Å²) >= 11 is 1.33. The molecule has 1 amide bonds. The van der Waals surface area contributed by atoms with Crippen molar-refractivity contribution < 1.29 is 18.7 Å². The minimum Gasteiger partial charge on any atom is -0.467 e.